The summed E-state index contributed by atoms with van der Waals surface area (Å²) in [6.45, 7) is -0.402. The van der Waals surface area contributed by atoms with Gasteiger partial charge in [-0.05, 0) is 12.1 Å². The molecule has 0 aliphatic rings. The second-order valence-corrected chi connectivity index (χ2v) is 3.96. The number of methoxy groups -OCH3 is 2. The number of carbonyl (C=O) groups is 2. The molecule has 0 saturated carbocycles. The number of hydrogen-bond donors (Lipinski definition) is 3. The summed E-state index contributed by atoms with van der Waals surface area (Å²) in [7, 11) is 2.91. The molecular weight excluding hydrogens is 290 g/mol. The quantitative estimate of drug-likeness (QED) is 0.501. The molecule has 0 aliphatic carbocycles. The van der Waals surface area contributed by atoms with Crippen LogP contribution in [0.2, 0.25) is 0 Å². The zero-order valence-electron chi connectivity index (χ0n) is 12.0. The van der Waals surface area contributed by atoms with E-state index in [4.69, 9.17) is 19.8 Å². The number of nitrogens with zero attached hydrogens (tertiary/aromatic N) is 1. The van der Waals surface area contributed by atoms with Gasteiger partial charge in [-0.25, -0.2) is 0 Å². The molecule has 8 nitrogen and oxygen atoms in total. The number of aliphatic carboxylic acids is 1. The van der Waals surface area contributed by atoms with Crippen molar-refractivity contribution in [2.24, 2.45) is 0 Å². The lowest BCUT2D eigenvalue weighted by molar-refractivity contribution is -0.135. The largest absolute Gasteiger partial charge is 0.497 e. The van der Waals surface area contributed by atoms with Crippen LogP contribution in [0, 0.1) is 11.3 Å². The van der Waals surface area contributed by atoms with E-state index in [9.17, 15) is 9.59 Å². The van der Waals surface area contributed by atoms with Gasteiger partial charge in [0.25, 0.3) is 5.91 Å². The van der Waals surface area contributed by atoms with Gasteiger partial charge >= 0.3 is 5.97 Å². The first kappa shape index (κ1) is 16.8. The second-order valence-electron chi connectivity index (χ2n) is 3.96. The molecule has 0 bridgehead atoms. The minimum absolute atomic E-state index is 0.272. The summed E-state index contributed by atoms with van der Waals surface area (Å²) in [4.78, 5) is 22.4. The fourth-order valence-electron chi connectivity index (χ4n) is 1.49. The molecule has 1 rings (SSSR count). The summed E-state index contributed by atoms with van der Waals surface area (Å²) in [5, 5.41) is 22.3. The molecule has 0 fully saturated rings. The van der Waals surface area contributed by atoms with Crippen molar-refractivity contribution in [2.75, 3.05) is 26.1 Å². The predicted octanol–water partition coefficient (Wildman–Crippen LogP) is 0.724. The molecule has 0 unspecified atom stereocenters. The van der Waals surface area contributed by atoms with Crippen LogP contribution in [-0.2, 0) is 9.59 Å². The van der Waals surface area contributed by atoms with E-state index in [0.29, 0.717) is 17.2 Å². The number of amides is 1. The van der Waals surface area contributed by atoms with Crippen LogP contribution in [0.3, 0.4) is 0 Å². The molecule has 0 atom stereocenters. The molecule has 22 heavy (non-hydrogen) atoms. The Morgan fingerprint density at radius 3 is 2.64 bits per heavy atom. The van der Waals surface area contributed by atoms with Gasteiger partial charge < -0.3 is 25.2 Å². The maximum absolute atomic E-state index is 12.0. The molecule has 0 saturated heterocycles. The topological polar surface area (TPSA) is 121 Å². The first-order chi connectivity index (χ1) is 10.5. The lowest BCUT2D eigenvalue weighted by Crippen LogP contribution is -2.21. The monoisotopic (exact) mass is 305 g/mol. The Morgan fingerprint density at radius 2 is 2.09 bits per heavy atom. The van der Waals surface area contributed by atoms with Crippen molar-refractivity contribution >= 4 is 17.6 Å². The van der Waals surface area contributed by atoms with Crippen molar-refractivity contribution in [1.29, 1.82) is 5.26 Å². The minimum Gasteiger partial charge on any atom is -0.497 e. The van der Waals surface area contributed by atoms with Gasteiger partial charge in [-0.1, -0.05) is 0 Å². The summed E-state index contributed by atoms with van der Waals surface area (Å²) in [6.07, 6.45) is 1.04. The van der Waals surface area contributed by atoms with Crippen molar-refractivity contribution in [3.05, 3.63) is 30.0 Å². The average molecular weight is 305 g/mol. The number of hydrogen-bond acceptors (Lipinski definition) is 6. The smallest absolute Gasteiger partial charge is 0.322 e. The minimum atomic E-state index is -1.11. The van der Waals surface area contributed by atoms with E-state index in [-0.39, 0.29) is 5.57 Å². The number of rotatable bonds is 7. The average Bonchev–Trinajstić information content (AvgIpc) is 2.51. The van der Waals surface area contributed by atoms with Crippen LogP contribution in [0.1, 0.15) is 0 Å². The fraction of sp³-hybridized carbons (Fsp3) is 0.214. The molecule has 0 aromatic heterocycles. The number of nitrogens with one attached hydrogen (secondary N) is 2. The van der Waals surface area contributed by atoms with Crippen LogP contribution >= 0.6 is 0 Å². The molecule has 0 heterocycles. The molecule has 116 valence electrons. The zero-order valence-corrected chi connectivity index (χ0v) is 12.0. The van der Waals surface area contributed by atoms with Crippen LogP contribution < -0.4 is 20.1 Å². The molecule has 0 radical (unpaired) electrons. The lowest BCUT2D eigenvalue weighted by Gasteiger charge is -2.11. The standard InChI is InChI=1S/C14H15N3O5/c1-21-10-3-4-12(22-2)11(5-10)17-14(20)9(6-15)7-16-8-13(18)19/h3-5,7,16H,8H2,1-2H3,(H,17,20)(H,18,19)/b9-7-. The Hall–Kier alpha value is -3.21. The summed E-state index contributed by atoms with van der Waals surface area (Å²) in [5.74, 6) is -0.914. The van der Waals surface area contributed by atoms with E-state index in [1.54, 1.807) is 18.2 Å². The van der Waals surface area contributed by atoms with E-state index >= 15 is 0 Å². The van der Waals surface area contributed by atoms with Crippen LogP contribution in [0.5, 0.6) is 11.5 Å². The molecule has 0 aliphatic heterocycles. The first-order valence-corrected chi connectivity index (χ1v) is 6.10. The predicted molar refractivity (Wildman–Crippen MR) is 77.5 cm³/mol. The third-order valence-electron chi connectivity index (χ3n) is 2.52. The molecule has 1 aromatic rings. The van der Waals surface area contributed by atoms with E-state index in [0.717, 1.165) is 6.20 Å². The number of carboxylic acid groups (broad SMARTS) is 1. The summed E-state index contributed by atoms with van der Waals surface area (Å²) < 4.78 is 10.2. The summed E-state index contributed by atoms with van der Waals surface area (Å²) in [5.41, 5.74) is 0.0531. The number of ether oxygens (including phenoxy) is 2. The van der Waals surface area contributed by atoms with Crippen molar-refractivity contribution in [1.82, 2.24) is 5.32 Å². The van der Waals surface area contributed by atoms with Crippen LogP contribution in [-0.4, -0.2) is 37.7 Å². The Morgan fingerprint density at radius 1 is 1.36 bits per heavy atom. The molecule has 8 heteroatoms. The third-order valence-corrected chi connectivity index (χ3v) is 2.52. The number of carboxylic acids is 1. The summed E-state index contributed by atoms with van der Waals surface area (Å²) >= 11 is 0. The van der Waals surface area contributed by atoms with Crippen LogP contribution in [0.15, 0.2) is 30.0 Å². The highest BCUT2D eigenvalue weighted by atomic mass is 16.5. The number of carbonyl (C=O) groups excluding carboxylic acids is 1. The summed E-state index contributed by atoms with van der Waals surface area (Å²) in [6, 6.07) is 6.48. The highest BCUT2D eigenvalue weighted by molar-refractivity contribution is 6.07. The van der Waals surface area contributed by atoms with Gasteiger partial charge in [0, 0.05) is 12.3 Å². The Labute approximate surface area is 126 Å². The van der Waals surface area contributed by atoms with Gasteiger partial charge in [0.2, 0.25) is 0 Å². The third kappa shape index (κ3) is 4.72. The maximum atomic E-state index is 12.0. The van der Waals surface area contributed by atoms with Crippen molar-refractivity contribution in [2.45, 2.75) is 0 Å². The van der Waals surface area contributed by atoms with Crippen molar-refractivity contribution < 1.29 is 24.2 Å². The second kappa shape index (κ2) is 8.16. The van der Waals surface area contributed by atoms with E-state index < -0.39 is 18.4 Å². The molecule has 1 amide bonds. The number of anilines is 1. The lowest BCUT2D eigenvalue weighted by atomic mass is 10.2. The number of nitriles is 1. The van der Waals surface area contributed by atoms with Gasteiger partial charge in [-0.15, -0.1) is 0 Å². The molecule has 0 spiro atoms. The van der Waals surface area contributed by atoms with Crippen LogP contribution in [0.25, 0.3) is 0 Å². The van der Waals surface area contributed by atoms with Gasteiger partial charge in [0.05, 0.1) is 19.9 Å². The maximum Gasteiger partial charge on any atom is 0.322 e. The van der Waals surface area contributed by atoms with E-state index in [1.165, 1.54) is 20.3 Å². The first-order valence-electron chi connectivity index (χ1n) is 6.10. The van der Waals surface area contributed by atoms with Gasteiger partial charge in [-0.3, -0.25) is 9.59 Å². The van der Waals surface area contributed by atoms with Gasteiger partial charge in [0.1, 0.15) is 29.7 Å². The molecule has 3 N–H and O–H groups in total. The molecular formula is C14H15N3O5. The van der Waals surface area contributed by atoms with E-state index in [1.807, 2.05) is 0 Å². The fourth-order valence-corrected chi connectivity index (χ4v) is 1.49. The van der Waals surface area contributed by atoms with Gasteiger partial charge in [0.15, 0.2) is 0 Å². The Balaban J connectivity index is 2.90. The normalized spacial score (nSPS) is 10.3. The van der Waals surface area contributed by atoms with E-state index in [2.05, 4.69) is 10.6 Å². The Bertz CT molecular complexity index is 634. The van der Waals surface area contributed by atoms with Crippen molar-refractivity contribution in [3.8, 4) is 17.6 Å². The zero-order chi connectivity index (χ0) is 16.5. The number of benzene rings is 1. The SMILES string of the molecule is COc1ccc(OC)c(NC(=O)/C(C#N)=C\NCC(=O)O)c1. The highest BCUT2D eigenvalue weighted by Gasteiger charge is 2.13. The molecule has 1 aromatic carbocycles. The van der Waals surface area contributed by atoms with Gasteiger partial charge in [-0.2, -0.15) is 5.26 Å². The van der Waals surface area contributed by atoms with Crippen LogP contribution in [0.4, 0.5) is 5.69 Å². The van der Waals surface area contributed by atoms with Crippen molar-refractivity contribution in [3.63, 3.8) is 0 Å². The Kier molecular flexibility index (Phi) is 6.25. The highest BCUT2D eigenvalue weighted by Crippen LogP contribution is 2.29.